The van der Waals surface area contributed by atoms with Gasteiger partial charge in [-0.05, 0) is 38.5 Å². The second-order valence-corrected chi connectivity index (χ2v) is 8.10. The summed E-state index contributed by atoms with van der Waals surface area (Å²) in [6.07, 6.45) is -0.0914. The van der Waals surface area contributed by atoms with Crippen LogP contribution in [-0.4, -0.2) is 64.8 Å². The molecule has 1 saturated heterocycles. The Hall–Kier alpha value is -1.48. The Balaban J connectivity index is 2.25. The van der Waals surface area contributed by atoms with Gasteiger partial charge in [-0.25, -0.2) is 13.1 Å². The first-order chi connectivity index (χ1) is 11.7. The largest absolute Gasteiger partial charge is 0.383 e. The van der Waals surface area contributed by atoms with Crippen molar-refractivity contribution < 1.29 is 22.7 Å². The summed E-state index contributed by atoms with van der Waals surface area (Å²) in [4.78, 5) is 14.7. The number of carbonyl (C=O) groups excluding carboxylic acids is 1. The van der Waals surface area contributed by atoms with Crippen LogP contribution >= 0.6 is 0 Å². The highest BCUT2D eigenvalue weighted by atomic mass is 32.2. The van der Waals surface area contributed by atoms with E-state index in [0.717, 1.165) is 5.56 Å². The summed E-state index contributed by atoms with van der Waals surface area (Å²) < 4.78 is 37.7. The third kappa shape index (κ3) is 5.01. The molecule has 1 fully saturated rings. The zero-order chi connectivity index (χ0) is 18.6. The molecule has 1 aromatic carbocycles. The second kappa shape index (κ2) is 8.27. The Labute approximate surface area is 149 Å². The van der Waals surface area contributed by atoms with Crippen molar-refractivity contribution in [3.8, 4) is 0 Å². The van der Waals surface area contributed by atoms with Gasteiger partial charge in [-0.1, -0.05) is 6.07 Å². The molecule has 0 radical (unpaired) electrons. The van der Waals surface area contributed by atoms with E-state index in [9.17, 15) is 13.2 Å². The first kappa shape index (κ1) is 19.8. The average Bonchev–Trinajstić information content (AvgIpc) is 2.53. The van der Waals surface area contributed by atoms with E-state index in [1.807, 2.05) is 13.8 Å². The number of sulfonamides is 1. The molecule has 0 aromatic heterocycles. The van der Waals surface area contributed by atoms with Crippen molar-refractivity contribution in [2.24, 2.45) is 0 Å². The number of benzene rings is 1. The summed E-state index contributed by atoms with van der Waals surface area (Å²) >= 11 is 0. The van der Waals surface area contributed by atoms with Gasteiger partial charge < -0.3 is 14.4 Å². The van der Waals surface area contributed by atoms with Crippen molar-refractivity contribution in [2.75, 3.05) is 33.4 Å². The minimum absolute atomic E-state index is 0.0457. The lowest BCUT2D eigenvalue weighted by Crippen LogP contribution is -2.48. The van der Waals surface area contributed by atoms with E-state index in [0.29, 0.717) is 18.7 Å². The number of nitrogens with one attached hydrogen (secondary N) is 1. The second-order valence-electron chi connectivity index (χ2n) is 6.33. The van der Waals surface area contributed by atoms with E-state index in [4.69, 9.17) is 9.47 Å². The molecule has 0 spiro atoms. The number of rotatable bonds is 6. The van der Waals surface area contributed by atoms with Crippen molar-refractivity contribution in [3.63, 3.8) is 0 Å². The molecule has 2 atom stereocenters. The summed E-state index contributed by atoms with van der Waals surface area (Å²) in [7, 11) is -2.18. The van der Waals surface area contributed by atoms with Gasteiger partial charge in [0.2, 0.25) is 10.0 Å². The van der Waals surface area contributed by atoms with E-state index in [1.165, 1.54) is 19.2 Å². The third-order valence-electron chi connectivity index (χ3n) is 4.05. The number of hydrogen-bond acceptors (Lipinski definition) is 5. The monoisotopic (exact) mass is 370 g/mol. The maximum atomic E-state index is 12.9. The summed E-state index contributed by atoms with van der Waals surface area (Å²) in [5.41, 5.74) is 1.14. The molecule has 0 aliphatic carbocycles. The molecule has 1 heterocycles. The van der Waals surface area contributed by atoms with Gasteiger partial charge in [0.15, 0.2) is 0 Å². The van der Waals surface area contributed by atoms with Crippen LogP contribution in [0.4, 0.5) is 0 Å². The maximum Gasteiger partial charge on any atom is 0.254 e. The number of hydrogen-bond donors (Lipinski definition) is 1. The Morgan fingerprint density at radius 2 is 1.96 bits per heavy atom. The van der Waals surface area contributed by atoms with Crippen molar-refractivity contribution in [2.45, 2.75) is 37.9 Å². The molecule has 1 N–H and O–H groups in total. The van der Waals surface area contributed by atoms with Crippen molar-refractivity contribution in [1.82, 2.24) is 9.62 Å². The molecule has 0 bridgehead atoms. The van der Waals surface area contributed by atoms with Gasteiger partial charge in [0.25, 0.3) is 5.91 Å². The number of methoxy groups -OCH3 is 1. The molecule has 7 nitrogen and oxygen atoms in total. The quantitative estimate of drug-likeness (QED) is 0.760. The van der Waals surface area contributed by atoms with Crippen LogP contribution in [0.1, 0.15) is 29.8 Å². The molecule has 2 unspecified atom stereocenters. The smallest absolute Gasteiger partial charge is 0.254 e. The Morgan fingerprint density at radius 3 is 2.56 bits per heavy atom. The van der Waals surface area contributed by atoms with Gasteiger partial charge in [-0.2, -0.15) is 0 Å². The molecule has 8 heteroatoms. The number of amides is 1. The van der Waals surface area contributed by atoms with Crippen molar-refractivity contribution >= 4 is 15.9 Å². The molecule has 140 valence electrons. The van der Waals surface area contributed by atoms with Crippen LogP contribution < -0.4 is 4.72 Å². The highest BCUT2D eigenvalue weighted by Crippen LogP contribution is 2.20. The molecular weight excluding hydrogens is 344 g/mol. The van der Waals surface area contributed by atoms with Crippen LogP contribution in [0.15, 0.2) is 23.1 Å². The Bertz CT molecular complexity index is 710. The summed E-state index contributed by atoms with van der Waals surface area (Å²) in [5.74, 6) is -0.173. The van der Waals surface area contributed by atoms with Crippen molar-refractivity contribution in [3.05, 3.63) is 29.3 Å². The summed E-state index contributed by atoms with van der Waals surface area (Å²) in [5, 5.41) is 0. The van der Waals surface area contributed by atoms with Crippen LogP contribution in [0.2, 0.25) is 0 Å². The molecule has 0 saturated carbocycles. The first-order valence-electron chi connectivity index (χ1n) is 8.28. The van der Waals surface area contributed by atoms with Gasteiger partial charge in [-0.15, -0.1) is 0 Å². The molecule has 1 aliphatic rings. The van der Waals surface area contributed by atoms with Gasteiger partial charge in [0, 0.05) is 32.3 Å². The third-order valence-corrected chi connectivity index (χ3v) is 5.51. The lowest BCUT2D eigenvalue weighted by atomic mass is 10.1. The highest BCUT2D eigenvalue weighted by Gasteiger charge is 2.28. The minimum Gasteiger partial charge on any atom is -0.383 e. The topological polar surface area (TPSA) is 84.9 Å². The van der Waals surface area contributed by atoms with Crippen LogP contribution in [0, 0.1) is 6.92 Å². The zero-order valence-corrected chi connectivity index (χ0v) is 15.9. The molecule has 25 heavy (non-hydrogen) atoms. The number of aryl methyl sites for hydroxylation is 1. The van der Waals surface area contributed by atoms with Crippen LogP contribution in [0.3, 0.4) is 0 Å². The Morgan fingerprint density at radius 1 is 1.32 bits per heavy atom. The minimum atomic E-state index is -3.68. The predicted octanol–water partition coefficient (Wildman–Crippen LogP) is 1.17. The predicted molar refractivity (Wildman–Crippen MR) is 94.2 cm³/mol. The fourth-order valence-corrected chi connectivity index (χ4v) is 3.91. The van der Waals surface area contributed by atoms with Gasteiger partial charge in [-0.3, -0.25) is 4.79 Å². The first-order valence-corrected chi connectivity index (χ1v) is 9.77. The molecule has 2 rings (SSSR count). The number of nitrogens with zero attached hydrogens (tertiary/aromatic N) is 1. The molecule has 1 amide bonds. The lowest BCUT2D eigenvalue weighted by Gasteiger charge is -2.35. The lowest BCUT2D eigenvalue weighted by molar-refractivity contribution is -0.0586. The standard InChI is InChI=1S/C17H26N2O5S/c1-12-5-6-15(25(21,22)18-7-8-23-4)9-16(12)17(20)19-10-13(2)24-14(3)11-19/h5-6,9,13-14,18H,7-8,10-11H2,1-4H3. The Kier molecular flexibility index (Phi) is 6.56. The fraction of sp³-hybridized carbons (Fsp3) is 0.588. The SMILES string of the molecule is COCCNS(=O)(=O)c1ccc(C)c(C(=O)N2CC(C)OC(C)C2)c1. The summed E-state index contributed by atoms with van der Waals surface area (Å²) in [6.45, 7) is 7.08. The van der Waals surface area contributed by atoms with E-state index >= 15 is 0 Å². The molecule has 1 aromatic rings. The zero-order valence-electron chi connectivity index (χ0n) is 15.1. The van der Waals surface area contributed by atoms with E-state index < -0.39 is 10.0 Å². The number of morpholine rings is 1. The average molecular weight is 370 g/mol. The van der Waals surface area contributed by atoms with Gasteiger partial charge >= 0.3 is 0 Å². The van der Waals surface area contributed by atoms with E-state index in [-0.39, 0.29) is 36.2 Å². The molecule has 1 aliphatic heterocycles. The van der Waals surface area contributed by atoms with E-state index in [1.54, 1.807) is 17.9 Å². The van der Waals surface area contributed by atoms with Crippen LogP contribution in [0.5, 0.6) is 0 Å². The maximum absolute atomic E-state index is 12.9. The molecular formula is C17H26N2O5S. The van der Waals surface area contributed by atoms with Crippen LogP contribution in [0.25, 0.3) is 0 Å². The van der Waals surface area contributed by atoms with E-state index in [2.05, 4.69) is 4.72 Å². The highest BCUT2D eigenvalue weighted by molar-refractivity contribution is 7.89. The normalized spacial score (nSPS) is 21.4. The fourth-order valence-electron chi connectivity index (χ4n) is 2.87. The summed E-state index contributed by atoms with van der Waals surface area (Å²) in [6, 6.07) is 4.61. The van der Waals surface area contributed by atoms with Gasteiger partial charge in [0.05, 0.1) is 23.7 Å². The number of carbonyl (C=O) groups is 1. The number of ether oxygens (including phenoxy) is 2. The van der Waals surface area contributed by atoms with Crippen molar-refractivity contribution in [1.29, 1.82) is 0 Å². The van der Waals surface area contributed by atoms with Gasteiger partial charge in [0.1, 0.15) is 0 Å². The van der Waals surface area contributed by atoms with Crippen LogP contribution in [-0.2, 0) is 19.5 Å².